The van der Waals surface area contributed by atoms with Crippen LogP contribution in [0.15, 0.2) is 6.20 Å². The van der Waals surface area contributed by atoms with Crippen LogP contribution in [0.3, 0.4) is 0 Å². The molecular formula is C16H22N4OS. The van der Waals surface area contributed by atoms with Crippen LogP contribution in [0.25, 0.3) is 0 Å². The molecule has 1 aromatic rings. The van der Waals surface area contributed by atoms with Gasteiger partial charge in [-0.3, -0.25) is 10.1 Å². The van der Waals surface area contributed by atoms with Crippen molar-refractivity contribution in [3.8, 4) is 6.19 Å². The number of nitrogens with zero attached hydrogens (tertiary/aromatic N) is 2. The molecule has 2 aliphatic carbocycles. The maximum absolute atomic E-state index is 12.4. The molecular weight excluding hydrogens is 296 g/mol. The predicted octanol–water partition coefficient (Wildman–Crippen LogP) is 3.37. The minimum absolute atomic E-state index is 0.127. The molecule has 1 heterocycles. The van der Waals surface area contributed by atoms with Gasteiger partial charge in [-0.2, -0.15) is 5.26 Å². The Hall–Kier alpha value is -1.61. The number of amides is 1. The summed E-state index contributed by atoms with van der Waals surface area (Å²) in [7, 11) is 0. The van der Waals surface area contributed by atoms with E-state index >= 15 is 0 Å². The summed E-state index contributed by atoms with van der Waals surface area (Å²) >= 11 is 1.59. The second-order valence-corrected chi connectivity index (χ2v) is 7.62. The fourth-order valence-electron chi connectivity index (χ4n) is 3.52. The average Bonchev–Trinajstić information content (AvgIpc) is 2.91. The van der Waals surface area contributed by atoms with Crippen molar-refractivity contribution in [2.45, 2.75) is 63.3 Å². The Morgan fingerprint density at radius 1 is 1.41 bits per heavy atom. The number of aromatic nitrogens is 1. The summed E-state index contributed by atoms with van der Waals surface area (Å²) in [5.41, 5.74) is -0.710. The van der Waals surface area contributed by atoms with Crippen molar-refractivity contribution in [3.63, 3.8) is 0 Å². The van der Waals surface area contributed by atoms with E-state index in [9.17, 15) is 4.79 Å². The number of carbonyl (C=O) groups is 1. The molecule has 3 rings (SSSR count). The van der Waals surface area contributed by atoms with Gasteiger partial charge in [0.2, 0.25) is 0 Å². The zero-order valence-electron chi connectivity index (χ0n) is 12.9. The highest BCUT2D eigenvalue weighted by atomic mass is 32.1. The second-order valence-electron chi connectivity index (χ2n) is 6.56. The molecule has 2 fully saturated rings. The summed E-state index contributed by atoms with van der Waals surface area (Å²) in [4.78, 5) is 18.0. The Labute approximate surface area is 135 Å². The van der Waals surface area contributed by atoms with Gasteiger partial charge < -0.3 is 5.32 Å². The van der Waals surface area contributed by atoms with Crippen LogP contribution >= 0.6 is 11.3 Å². The van der Waals surface area contributed by atoms with Gasteiger partial charge in [0.05, 0.1) is 0 Å². The smallest absolute Gasteiger partial charge is 0.252 e. The van der Waals surface area contributed by atoms with E-state index in [-0.39, 0.29) is 5.91 Å². The number of hydrogen-bond donors (Lipinski definition) is 2. The Kier molecular flexibility index (Phi) is 4.34. The molecule has 2 atom stereocenters. The Morgan fingerprint density at radius 3 is 2.82 bits per heavy atom. The minimum Gasteiger partial charge on any atom is -0.308 e. The van der Waals surface area contributed by atoms with Crippen molar-refractivity contribution in [1.82, 2.24) is 10.3 Å². The van der Waals surface area contributed by atoms with E-state index in [0.29, 0.717) is 29.8 Å². The predicted molar refractivity (Wildman–Crippen MR) is 86.4 cm³/mol. The third kappa shape index (κ3) is 2.82. The highest BCUT2D eigenvalue weighted by molar-refractivity contribution is 7.15. The van der Waals surface area contributed by atoms with Gasteiger partial charge >= 0.3 is 0 Å². The summed E-state index contributed by atoms with van der Waals surface area (Å²) in [5, 5.41) is 15.0. The van der Waals surface area contributed by atoms with Gasteiger partial charge in [0.1, 0.15) is 5.54 Å². The largest absolute Gasteiger partial charge is 0.308 e. The third-order valence-corrected chi connectivity index (χ3v) is 6.20. The number of thiazole rings is 1. The average molecular weight is 318 g/mol. The van der Waals surface area contributed by atoms with Crippen LogP contribution in [0, 0.1) is 17.4 Å². The number of rotatable bonds is 4. The number of hydrogen-bond acceptors (Lipinski definition) is 5. The maximum atomic E-state index is 12.4. The molecule has 0 aliphatic heterocycles. The van der Waals surface area contributed by atoms with Crippen LogP contribution in [-0.4, -0.2) is 16.4 Å². The van der Waals surface area contributed by atoms with Gasteiger partial charge in [0.15, 0.2) is 11.3 Å². The molecule has 0 bridgehead atoms. The fraction of sp³-hybridized carbons (Fsp3) is 0.688. The normalized spacial score (nSPS) is 26.5. The minimum atomic E-state index is -0.710. The second kappa shape index (κ2) is 6.25. The summed E-state index contributed by atoms with van der Waals surface area (Å²) in [5.74, 6) is 1.14. The van der Waals surface area contributed by atoms with Crippen molar-refractivity contribution in [3.05, 3.63) is 11.1 Å². The lowest BCUT2D eigenvalue weighted by atomic mass is 9.76. The first-order chi connectivity index (χ1) is 10.6. The molecule has 0 unspecified atom stereocenters. The summed E-state index contributed by atoms with van der Waals surface area (Å²) in [6.45, 7) is 2.31. The first-order valence-corrected chi connectivity index (χ1v) is 8.90. The lowest BCUT2D eigenvalue weighted by Gasteiger charge is -2.38. The van der Waals surface area contributed by atoms with Crippen LogP contribution in [0.4, 0.5) is 5.13 Å². The lowest BCUT2D eigenvalue weighted by Crippen LogP contribution is -2.57. The van der Waals surface area contributed by atoms with Gasteiger partial charge in [-0.05, 0) is 37.5 Å². The molecule has 0 aromatic carbocycles. The summed E-state index contributed by atoms with van der Waals surface area (Å²) in [6.07, 6.45) is 11.3. The van der Waals surface area contributed by atoms with E-state index in [2.05, 4.69) is 22.5 Å². The van der Waals surface area contributed by atoms with E-state index < -0.39 is 5.54 Å². The van der Waals surface area contributed by atoms with Crippen LogP contribution in [0.5, 0.6) is 0 Å². The Bertz CT molecular complexity index is 587. The van der Waals surface area contributed by atoms with Gasteiger partial charge in [-0.15, -0.1) is 11.3 Å². The van der Waals surface area contributed by atoms with Gasteiger partial charge in [-0.25, -0.2) is 4.98 Å². The number of nitriles is 1. The van der Waals surface area contributed by atoms with Crippen LogP contribution in [0.1, 0.15) is 62.7 Å². The van der Waals surface area contributed by atoms with E-state index in [0.717, 1.165) is 6.42 Å². The van der Waals surface area contributed by atoms with Crippen molar-refractivity contribution in [2.24, 2.45) is 5.92 Å². The maximum Gasteiger partial charge on any atom is 0.252 e. The quantitative estimate of drug-likeness (QED) is 0.659. The lowest BCUT2D eigenvalue weighted by molar-refractivity contribution is -0.125. The highest BCUT2D eigenvalue weighted by Crippen LogP contribution is 2.41. The molecule has 0 saturated heterocycles. The van der Waals surface area contributed by atoms with E-state index in [1.54, 1.807) is 11.3 Å². The van der Waals surface area contributed by atoms with E-state index in [1.807, 2.05) is 12.4 Å². The Morgan fingerprint density at radius 2 is 2.18 bits per heavy atom. The van der Waals surface area contributed by atoms with Crippen molar-refractivity contribution in [1.29, 1.82) is 5.26 Å². The van der Waals surface area contributed by atoms with Crippen molar-refractivity contribution in [2.75, 3.05) is 5.32 Å². The molecule has 2 aliphatic rings. The monoisotopic (exact) mass is 318 g/mol. The molecule has 0 spiro atoms. The standard InChI is InChI=1S/C16H22N4OS/c1-11-5-2-3-6-12(11)13-9-18-15(22-13)20-14(21)16(19-10-17)7-4-8-16/h9,11-12,19H,2-8H2,1H3,(H,18,20,21)/t11-,12+/m0/s1. The zero-order chi connectivity index (χ0) is 15.6. The molecule has 118 valence electrons. The van der Waals surface area contributed by atoms with Gasteiger partial charge in [0.25, 0.3) is 5.91 Å². The molecule has 1 amide bonds. The topological polar surface area (TPSA) is 77.8 Å². The number of nitrogens with one attached hydrogen (secondary N) is 2. The highest BCUT2D eigenvalue weighted by Gasteiger charge is 2.44. The van der Waals surface area contributed by atoms with Crippen LogP contribution in [-0.2, 0) is 4.79 Å². The first-order valence-electron chi connectivity index (χ1n) is 8.08. The molecule has 22 heavy (non-hydrogen) atoms. The molecule has 1 aromatic heterocycles. The van der Waals surface area contributed by atoms with Crippen LogP contribution < -0.4 is 10.6 Å². The van der Waals surface area contributed by atoms with E-state index in [4.69, 9.17) is 5.26 Å². The summed E-state index contributed by atoms with van der Waals surface area (Å²) < 4.78 is 0. The molecule has 0 radical (unpaired) electrons. The first kappa shape index (κ1) is 15.3. The van der Waals surface area contributed by atoms with Crippen LogP contribution in [0.2, 0.25) is 0 Å². The third-order valence-electron chi connectivity index (χ3n) is 5.16. The Balaban J connectivity index is 1.67. The van der Waals surface area contributed by atoms with Crippen molar-refractivity contribution >= 4 is 22.4 Å². The summed E-state index contributed by atoms with van der Waals surface area (Å²) in [6, 6.07) is 0. The van der Waals surface area contributed by atoms with Gasteiger partial charge in [-0.1, -0.05) is 26.2 Å². The number of anilines is 1. The molecule has 5 nitrogen and oxygen atoms in total. The SMILES string of the molecule is C[C@H]1CCCC[C@H]1c1cnc(NC(=O)C2(NC#N)CCC2)s1. The zero-order valence-corrected chi connectivity index (χ0v) is 13.7. The molecule has 2 saturated carbocycles. The van der Waals surface area contributed by atoms with E-state index in [1.165, 1.54) is 30.6 Å². The van der Waals surface area contributed by atoms with Crippen molar-refractivity contribution < 1.29 is 4.79 Å². The van der Waals surface area contributed by atoms with Gasteiger partial charge in [0, 0.05) is 11.1 Å². The fourth-order valence-corrected chi connectivity index (χ4v) is 4.60. The molecule has 6 heteroatoms. The molecule has 2 N–H and O–H groups in total. The number of carbonyl (C=O) groups excluding carboxylic acids is 1.